The first kappa shape index (κ1) is 15.9. The third kappa shape index (κ3) is 2.60. The number of anilines is 1. The molecular formula is C22H25N3O. The minimum atomic E-state index is 0.185. The maximum atomic E-state index is 12.8. The van der Waals surface area contributed by atoms with Gasteiger partial charge in [-0.1, -0.05) is 30.3 Å². The van der Waals surface area contributed by atoms with Crippen LogP contribution in [0.1, 0.15) is 52.8 Å². The van der Waals surface area contributed by atoms with E-state index in [2.05, 4.69) is 53.1 Å². The van der Waals surface area contributed by atoms with Crippen molar-refractivity contribution < 1.29 is 4.79 Å². The molecule has 3 aliphatic rings. The summed E-state index contributed by atoms with van der Waals surface area (Å²) >= 11 is 0. The Bertz CT molecular complexity index is 813. The zero-order valence-electron chi connectivity index (χ0n) is 14.9. The molecule has 3 atom stereocenters. The molecule has 3 unspecified atom stereocenters. The standard InChI is InChI=1S/C22H25N3O/c26-22(25-12-4-5-13-25)16-8-9-19-18(14-16)21-17(10-11-23-21)20(24-19)15-6-2-1-3-7-15/h1-3,6-9,14,17,20-21,23-24H,4-5,10-13H2. The van der Waals surface area contributed by atoms with Crippen molar-refractivity contribution in [3.05, 3.63) is 65.2 Å². The molecule has 3 aliphatic heterocycles. The van der Waals surface area contributed by atoms with Gasteiger partial charge in [-0.25, -0.2) is 0 Å². The number of hydrogen-bond donors (Lipinski definition) is 2. The van der Waals surface area contributed by atoms with E-state index in [1.807, 2.05) is 11.0 Å². The molecule has 2 aromatic rings. The lowest BCUT2D eigenvalue weighted by Crippen LogP contribution is -2.33. The third-order valence-electron chi connectivity index (χ3n) is 6.19. The SMILES string of the molecule is O=C(c1ccc2c(c1)C1NCCC1C(c1ccccc1)N2)N1CCCC1. The summed E-state index contributed by atoms with van der Waals surface area (Å²) < 4.78 is 0. The van der Waals surface area contributed by atoms with Gasteiger partial charge in [-0.05, 0) is 55.1 Å². The minimum absolute atomic E-state index is 0.185. The number of hydrogen-bond acceptors (Lipinski definition) is 3. The molecule has 2 fully saturated rings. The van der Waals surface area contributed by atoms with Gasteiger partial charge >= 0.3 is 0 Å². The lowest BCUT2D eigenvalue weighted by atomic mass is 9.80. The average molecular weight is 347 g/mol. The molecule has 0 aliphatic carbocycles. The summed E-state index contributed by atoms with van der Waals surface area (Å²) in [6.45, 7) is 2.83. The molecule has 26 heavy (non-hydrogen) atoms. The number of carbonyl (C=O) groups is 1. The van der Waals surface area contributed by atoms with Gasteiger partial charge in [0.05, 0.1) is 6.04 Å². The van der Waals surface area contributed by atoms with Crippen LogP contribution < -0.4 is 10.6 Å². The summed E-state index contributed by atoms with van der Waals surface area (Å²) in [5, 5.41) is 7.44. The second kappa shape index (κ2) is 6.44. The number of nitrogens with one attached hydrogen (secondary N) is 2. The van der Waals surface area contributed by atoms with Crippen LogP contribution in [0, 0.1) is 5.92 Å². The van der Waals surface area contributed by atoms with Crippen LogP contribution in [0.15, 0.2) is 48.5 Å². The molecular weight excluding hydrogens is 322 g/mol. The van der Waals surface area contributed by atoms with E-state index in [9.17, 15) is 4.79 Å². The number of amides is 1. The predicted octanol–water partition coefficient (Wildman–Crippen LogP) is 3.74. The Morgan fingerprint density at radius 1 is 1.00 bits per heavy atom. The van der Waals surface area contributed by atoms with Crippen LogP contribution in [-0.4, -0.2) is 30.4 Å². The molecule has 134 valence electrons. The molecule has 1 amide bonds. The molecule has 0 aromatic heterocycles. The second-order valence-corrected chi connectivity index (χ2v) is 7.72. The zero-order chi connectivity index (χ0) is 17.5. The van der Waals surface area contributed by atoms with Gasteiger partial charge in [0.2, 0.25) is 0 Å². The van der Waals surface area contributed by atoms with E-state index in [0.29, 0.717) is 18.0 Å². The van der Waals surface area contributed by atoms with Crippen molar-refractivity contribution in [2.45, 2.75) is 31.3 Å². The predicted molar refractivity (Wildman–Crippen MR) is 103 cm³/mol. The maximum absolute atomic E-state index is 12.8. The van der Waals surface area contributed by atoms with E-state index in [4.69, 9.17) is 0 Å². The first-order valence-corrected chi connectivity index (χ1v) is 9.79. The molecule has 5 rings (SSSR count). The van der Waals surface area contributed by atoms with E-state index in [0.717, 1.165) is 50.1 Å². The van der Waals surface area contributed by atoms with Gasteiger partial charge in [0.15, 0.2) is 0 Å². The molecule has 4 nitrogen and oxygen atoms in total. The highest BCUT2D eigenvalue weighted by Gasteiger charge is 2.40. The quantitative estimate of drug-likeness (QED) is 0.870. The van der Waals surface area contributed by atoms with Crippen molar-refractivity contribution in [3.8, 4) is 0 Å². The van der Waals surface area contributed by atoms with Crippen LogP contribution >= 0.6 is 0 Å². The van der Waals surface area contributed by atoms with Crippen LogP contribution in [0.2, 0.25) is 0 Å². The van der Waals surface area contributed by atoms with Crippen molar-refractivity contribution in [1.82, 2.24) is 10.2 Å². The van der Waals surface area contributed by atoms with E-state index < -0.39 is 0 Å². The van der Waals surface area contributed by atoms with Crippen LogP contribution in [0.5, 0.6) is 0 Å². The van der Waals surface area contributed by atoms with Crippen LogP contribution in [0.3, 0.4) is 0 Å². The first-order valence-electron chi connectivity index (χ1n) is 9.79. The third-order valence-corrected chi connectivity index (χ3v) is 6.19. The summed E-state index contributed by atoms with van der Waals surface area (Å²) in [4.78, 5) is 14.8. The summed E-state index contributed by atoms with van der Waals surface area (Å²) in [6, 6.07) is 17.6. The number of nitrogens with zero attached hydrogens (tertiary/aromatic N) is 1. The summed E-state index contributed by atoms with van der Waals surface area (Å²) in [5.41, 5.74) is 4.59. The molecule has 2 saturated heterocycles. The molecule has 0 spiro atoms. The Kier molecular flexibility index (Phi) is 3.93. The topological polar surface area (TPSA) is 44.4 Å². The number of likely N-dealkylation sites (tertiary alicyclic amines) is 1. The molecule has 0 radical (unpaired) electrons. The smallest absolute Gasteiger partial charge is 0.253 e. The molecule has 2 N–H and O–H groups in total. The fraction of sp³-hybridized carbons (Fsp3) is 0.409. The van der Waals surface area contributed by atoms with Crippen LogP contribution in [-0.2, 0) is 0 Å². The molecule has 4 heteroatoms. The lowest BCUT2D eigenvalue weighted by molar-refractivity contribution is 0.0792. The number of carbonyl (C=O) groups excluding carboxylic acids is 1. The number of fused-ring (bicyclic) bond motifs is 3. The van der Waals surface area contributed by atoms with Gasteiger partial charge in [0.1, 0.15) is 0 Å². The molecule has 0 bridgehead atoms. The van der Waals surface area contributed by atoms with E-state index in [1.165, 1.54) is 11.1 Å². The van der Waals surface area contributed by atoms with Gasteiger partial charge in [0, 0.05) is 36.3 Å². The Morgan fingerprint density at radius 2 is 1.81 bits per heavy atom. The zero-order valence-corrected chi connectivity index (χ0v) is 14.9. The highest BCUT2D eigenvalue weighted by atomic mass is 16.2. The minimum Gasteiger partial charge on any atom is -0.378 e. The number of rotatable bonds is 2. The Hall–Kier alpha value is -2.33. The van der Waals surface area contributed by atoms with Gasteiger partial charge in [-0.15, -0.1) is 0 Å². The second-order valence-electron chi connectivity index (χ2n) is 7.72. The van der Waals surface area contributed by atoms with E-state index in [1.54, 1.807) is 0 Å². The van der Waals surface area contributed by atoms with Crippen LogP contribution in [0.4, 0.5) is 5.69 Å². The fourth-order valence-electron chi connectivity index (χ4n) is 4.88. The Balaban J connectivity index is 1.49. The van der Waals surface area contributed by atoms with Crippen molar-refractivity contribution in [2.75, 3.05) is 25.0 Å². The van der Waals surface area contributed by atoms with Crippen molar-refractivity contribution in [3.63, 3.8) is 0 Å². The summed E-state index contributed by atoms with van der Waals surface area (Å²) in [5.74, 6) is 0.701. The van der Waals surface area contributed by atoms with Gasteiger partial charge in [0.25, 0.3) is 5.91 Å². The van der Waals surface area contributed by atoms with Crippen LogP contribution in [0.25, 0.3) is 0 Å². The normalized spacial score (nSPS) is 26.9. The van der Waals surface area contributed by atoms with Gasteiger partial charge < -0.3 is 15.5 Å². The summed E-state index contributed by atoms with van der Waals surface area (Å²) in [6.07, 6.45) is 3.41. The highest BCUT2D eigenvalue weighted by Crippen LogP contribution is 2.47. The lowest BCUT2D eigenvalue weighted by Gasteiger charge is -2.37. The fourth-order valence-corrected chi connectivity index (χ4v) is 4.88. The van der Waals surface area contributed by atoms with Crippen molar-refractivity contribution in [2.24, 2.45) is 5.92 Å². The average Bonchev–Trinajstić information content (AvgIpc) is 3.39. The Morgan fingerprint density at radius 3 is 2.62 bits per heavy atom. The van der Waals surface area contributed by atoms with Gasteiger partial charge in [-0.3, -0.25) is 4.79 Å². The van der Waals surface area contributed by atoms with Crippen molar-refractivity contribution in [1.29, 1.82) is 0 Å². The van der Waals surface area contributed by atoms with E-state index in [-0.39, 0.29) is 5.91 Å². The summed E-state index contributed by atoms with van der Waals surface area (Å²) in [7, 11) is 0. The van der Waals surface area contributed by atoms with E-state index >= 15 is 0 Å². The maximum Gasteiger partial charge on any atom is 0.253 e. The first-order chi connectivity index (χ1) is 12.8. The molecule has 2 aromatic carbocycles. The highest BCUT2D eigenvalue weighted by molar-refractivity contribution is 5.95. The largest absolute Gasteiger partial charge is 0.378 e. The molecule has 3 heterocycles. The van der Waals surface area contributed by atoms with Gasteiger partial charge in [-0.2, -0.15) is 0 Å². The Labute approximate surface area is 154 Å². The number of benzene rings is 2. The molecule has 0 saturated carbocycles. The monoisotopic (exact) mass is 347 g/mol. The van der Waals surface area contributed by atoms with Crippen molar-refractivity contribution >= 4 is 11.6 Å².